The zero-order valence-corrected chi connectivity index (χ0v) is 17.6. The first kappa shape index (κ1) is 21.6. The third-order valence-electron chi connectivity index (χ3n) is 6.40. The van der Waals surface area contributed by atoms with Gasteiger partial charge >= 0.3 is 5.97 Å². The number of carbonyl (C=O) groups excluding carboxylic acids is 1. The van der Waals surface area contributed by atoms with Crippen molar-refractivity contribution < 1.29 is 9.53 Å². The minimum Gasteiger partial charge on any atom is -0.461 e. The summed E-state index contributed by atoms with van der Waals surface area (Å²) in [6.07, 6.45) is 8.29. The average molecular weight is 394 g/mol. The number of nitrogens with two attached hydrogens (primary N) is 1. The zero-order valence-electron chi connectivity index (χ0n) is 17.6. The summed E-state index contributed by atoms with van der Waals surface area (Å²) < 4.78 is 5.82. The number of rotatable bonds is 7. The van der Waals surface area contributed by atoms with E-state index in [2.05, 4.69) is 67.6 Å². The van der Waals surface area contributed by atoms with E-state index < -0.39 is 6.04 Å². The van der Waals surface area contributed by atoms with Crippen LogP contribution in [0.3, 0.4) is 0 Å². The van der Waals surface area contributed by atoms with E-state index in [0.717, 1.165) is 38.5 Å². The Hall–Kier alpha value is -2.13. The van der Waals surface area contributed by atoms with Crippen LogP contribution in [-0.4, -0.2) is 18.1 Å². The highest BCUT2D eigenvalue weighted by molar-refractivity contribution is 5.75. The molecule has 0 aliphatic carbocycles. The maximum absolute atomic E-state index is 12.3. The predicted octanol–water partition coefficient (Wildman–Crippen LogP) is 5.32. The molecule has 1 aliphatic heterocycles. The molecule has 2 N–H and O–H groups in total. The third-order valence-corrected chi connectivity index (χ3v) is 6.40. The number of cyclic esters (lactones) is 1. The number of ether oxygens (including phenoxy) is 1. The number of hydrogen-bond donors (Lipinski definition) is 1. The van der Waals surface area contributed by atoms with Crippen molar-refractivity contribution in [3.8, 4) is 0 Å². The Morgan fingerprint density at radius 1 is 0.897 bits per heavy atom. The highest BCUT2D eigenvalue weighted by Crippen LogP contribution is 2.33. The molecule has 0 amide bonds. The lowest BCUT2D eigenvalue weighted by molar-refractivity contribution is -0.153. The van der Waals surface area contributed by atoms with Crippen LogP contribution in [0, 0.1) is 11.8 Å². The molecular formula is C26H35NO2. The maximum atomic E-state index is 12.3. The first-order chi connectivity index (χ1) is 14.1. The normalized spacial score (nSPS) is 25.5. The largest absolute Gasteiger partial charge is 0.461 e. The van der Waals surface area contributed by atoms with Gasteiger partial charge in [0.1, 0.15) is 12.1 Å². The van der Waals surface area contributed by atoms with E-state index in [4.69, 9.17) is 10.5 Å². The van der Waals surface area contributed by atoms with Gasteiger partial charge in [0.25, 0.3) is 0 Å². The van der Waals surface area contributed by atoms with Crippen LogP contribution in [0.1, 0.15) is 56.6 Å². The first-order valence-corrected chi connectivity index (χ1v) is 11.2. The fourth-order valence-corrected chi connectivity index (χ4v) is 4.69. The van der Waals surface area contributed by atoms with E-state index in [0.29, 0.717) is 11.8 Å². The van der Waals surface area contributed by atoms with Gasteiger partial charge in [-0.15, -0.1) is 0 Å². The minimum atomic E-state index is -0.477. The van der Waals surface area contributed by atoms with E-state index in [1.807, 2.05) is 0 Å². The van der Waals surface area contributed by atoms with Crippen LogP contribution in [0.25, 0.3) is 0 Å². The van der Waals surface area contributed by atoms with Crippen LogP contribution < -0.4 is 5.73 Å². The van der Waals surface area contributed by atoms with Crippen molar-refractivity contribution in [3.63, 3.8) is 0 Å². The summed E-state index contributed by atoms with van der Waals surface area (Å²) in [6, 6.07) is 20.9. The van der Waals surface area contributed by atoms with E-state index >= 15 is 0 Å². The fourth-order valence-electron chi connectivity index (χ4n) is 4.69. The SMILES string of the molecule is CC1OC(=O)C(N)CCCC(CCCc2ccccc2)C1CCc1ccccc1. The summed E-state index contributed by atoms with van der Waals surface area (Å²) in [5.74, 6) is 0.711. The molecule has 4 unspecified atom stereocenters. The molecule has 2 aromatic rings. The maximum Gasteiger partial charge on any atom is 0.323 e. The Labute approximate surface area is 175 Å². The lowest BCUT2D eigenvalue weighted by Gasteiger charge is -2.31. The summed E-state index contributed by atoms with van der Waals surface area (Å²) >= 11 is 0. The molecule has 3 heteroatoms. The fraction of sp³-hybridized carbons (Fsp3) is 0.500. The number of aryl methyl sites for hydroxylation is 2. The summed E-state index contributed by atoms with van der Waals surface area (Å²) in [4.78, 5) is 12.3. The van der Waals surface area contributed by atoms with Crippen molar-refractivity contribution in [1.82, 2.24) is 0 Å². The second-order valence-electron chi connectivity index (χ2n) is 8.51. The second kappa shape index (κ2) is 11.2. The van der Waals surface area contributed by atoms with Crippen molar-refractivity contribution in [2.75, 3.05) is 0 Å². The highest BCUT2D eigenvalue weighted by Gasteiger charge is 2.32. The molecule has 1 heterocycles. The van der Waals surface area contributed by atoms with Crippen molar-refractivity contribution in [2.45, 2.75) is 70.4 Å². The van der Waals surface area contributed by atoms with Gasteiger partial charge in [0.2, 0.25) is 0 Å². The summed E-state index contributed by atoms with van der Waals surface area (Å²) in [5.41, 5.74) is 8.79. The van der Waals surface area contributed by atoms with Gasteiger partial charge in [-0.25, -0.2) is 0 Å². The Kier molecular flexibility index (Phi) is 8.30. The minimum absolute atomic E-state index is 0.0860. The van der Waals surface area contributed by atoms with Crippen molar-refractivity contribution >= 4 is 5.97 Å². The Morgan fingerprint density at radius 3 is 2.17 bits per heavy atom. The molecule has 0 spiro atoms. The molecule has 29 heavy (non-hydrogen) atoms. The van der Waals surface area contributed by atoms with E-state index in [1.165, 1.54) is 24.0 Å². The van der Waals surface area contributed by atoms with Gasteiger partial charge in [0.15, 0.2) is 0 Å². The number of carbonyl (C=O) groups is 1. The number of hydrogen-bond acceptors (Lipinski definition) is 3. The first-order valence-electron chi connectivity index (χ1n) is 11.2. The molecule has 0 saturated carbocycles. The summed E-state index contributed by atoms with van der Waals surface area (Å²) in [6.45, 7) is 2.07. The zero-order chi connectivity index (χ0) is 20.5. The number of benzene rings is 2. The molecule has 0 aromatic heterocycles. The van der Waals surface area contributed by atoms with E-state index in [1.54, 1.807) is 0 Å². The van der Waals surface area contributed by atoms with Gasteiger partial charge in [-0.1, -0.05) is 67.1 Å². The molecule has 4 atom stereocenters. The Balaban J connectivity index is 1.67. The second-order valence-corrected chi connectivity index (χ2v) is 8.51. The molecule has 2 aromatic carbocycles. The monoisotopic (exact) mass is 393 g/mol. The molecule has 0 radical (unpaired) electrons. The van der Waals surface area contributed by atoms with E-state index in [9.17, 15) is 4.79 Å². The molecule has 156 valence electrons. The molecular weight excluding hydrogens is 358 g/mol. The Morgan fingerprint density at radius 2 is 1.52 bits per heavy atom. The van der Waals surface area contributed by atoms with Gasteiger partial charge in [0.05, 0.1) is 0 Å². The van der Waals surface area contributed by atoms with Crippen LogP contribution >= 0.6 is 0 Å². The van der Waals surface area contributed by atoms with Gasteiger partial charge in [-0.05, 0) is 74.8 Å². The molecule has 1 aliphatic rings. The molecule has 1 saturated heterocycles. The summed E-state index contributed by atoms with van der Waals surface area (Å²) in [5, 5.41) is 0. The van der Waals surface area contributed by atoms with Crippen molar-refractivity contribution in [2.24, 2.45) is 17.6 Å². The highest BCUT2D eigenvalue weighted by atomic mass is 16.5. The van der Waals surface area contributed by atoms with Crippen LogP contribution in [0.4, 0.5) is 0 Å². The van der Waals surface area contributed by atoms with Gasteiger partial charge in [-0.3, -0.25) is 4.79 Å². The van der Waals surface area contributed by atoms with Crippen molar-refractivity contribution in [3.05, 3.63) is 71.8 Å². The molecule has 3 rings (SSSR count). The van der Waals surface area contributed by atoms with Gasteiger partial charge < -0.3 is 10.5 Å². The standard InChI is InChI=1S/C26H35NO2/c1-20-24(19-18-22-12-6-3-7-13-22)23(16-9-17-25(27)26(28)29-20)15-8-14-21-10-4-2-5-11-21/h2-7,10-13,20,23-25H,8-9,14-19,27H2,1H3. The predicted molar refractivity (Wildman–Crippen MR) is 119 cm³/mol. The van der Waals surface area contributed by atoms with Gasteiger partial charge in [-0.2, -0.15) is 0 Å². The van der Waals surface area contributed by atoms with Crippen molar-refractivity contribution in [1.29, 1.82) is 0 Å². The molecule has 0 bridgehead atoms. The lowest BCUT2D eigenvalue weighted by atomic mass is 9.78. The summed E-state index contributed by atoms with van der Waals surface area (Å²) in [7, 11) is 0. The van der Waals surface area contributed by atoms with Crippen LogP contribution in [-0.2, 0) is 22.4 Å². The molecule has 1 fully saturated rings. The van der Waals surface area contributed by atoms with Gasteiger partial charge in [0, 0.05) is 0 Å². The van der Waals surface area contributed by atoms with E-state index in [-0.39, 0.29) is 12.1 Å². The number of esters is 1. The van der Waals surface area contributed by atoms with Crippen LogP contribution in [0.15, 0.2) is 60.7 Å². The van der Waals surface area contributed by atoms with Crippen LogP contribution in [0.2, 0.25) is 0 Å². The average Bonchev–Trinajstić information content (AvgIpc) is 2.78. The lowest BCUT2D eigenvalue weighted by Crippen LogP contribution is -2.36. The Bertz CT molecular complexity index is 731. The van der Waals surface area contributed by atoms with Crippen LogP contribution in [0.5, 0.6) is 0 Å². The smallest absolute Gasteiger partial charge is 0.323 e. The third kappa shape index (κ3) is 6.71. The topological polar surface area (TPSA) is 52.3 Å². The quantitative estimate of drug-likeness (QED) is 0.648. The molecule has 3 nitrogen and oxygen atoms in total.